The van der Waals surface area contributed by atoms with Crippen molar-refractivity contribution in [2.75, 3.05) is 11.5 Å². The van der Waals surface area contributed by atoms with Crippen LogP contribution in [-0.4, -0.2) is 41.8 Å². The molecule has 0 N–H and O–H groups in total. The summed E-state index contributed by atoms with van der Waals surface area (Å²) in [5.41, 5.74) is 1.51. The van der Waals surface area contributed by atoms with Crippen LogP contribution in [0.15, 0.2) is 41.4 Å². The van der Waals surface area contributed by atoms with E-state index in [-0.39, 0.29) is 23.5 Å². The Kier molecular flexibility index (Phi) is 4.26. The van der Waals surface area contributed by atoms with E-state index in [4.69, 9.17) is 0 Å². The molecule has 116 valence electrons. The Hall–Kier alpha value is -1.73. The van der Waals surface area contributed by atoms with E-state index in [9.17, 15) is 13.2 Å². The summed E-state index contributed by atoms with van der Waals surface area (Å²) in [7, 11) is -3.04. The number of hydrogen-bond acceptors (Lipinski definition) is 5. The topological polar surface area (TPSA) is 67.3 Å². The summed E-state index contributed by atoms with van der Waals surface area (Å²) in [4.78, 5) is 18.5. The second kappa shape index (κ2) is 6.18. The zero-order valence-electron chi connectivity index (χ0n) is 11.9. The van der Waals surface area contributed by atoms with Gasteiger partial charge in [0.2, 0.25) is 0 Å². The highest BCUT2D eigenvalue weighted by Gasteiger charge is 2.35. The van der Waals surface area contributed by atoms with E-state index >= 15 is 0 Å². The number of hydrogen-bond donors (Lipinski definition) is 0. The highest BCUT2D eigenvalue weighted by Crippen LogP contribution is 2.22. The van der Waals surface area contributed by atoms with Crippen molar-refractivity contribution < 1.29 is 13.2 Å². The highest BCUT2D eigenvalue weighted by atomic mass is 32.2. The molecule has 0 bridgehead atoms. The second-order valence-corrected chi connectivity index (χ2v) is 8.37. The van der Waals surface area contributed by atoms with Gasteiger partial charge in [-0.3, -0.25) is 9.78 Å². The van der Waals surface area contributed by atoms with E-state index in [1.807, 2.05) is 17.5 Å². The first-order chi connectivity index (χ1) is 10.6. The Balaban J connectivity index is 1.87. The van der Waals surface area contributed by atoms with E-state index < -0.39 is 9.84 Å². The molecule has 1 atom stereocenters. The third kappa shape index (κ3) is 3.36. The lowest BCUT2D eigenvalue weighted by Gasteiger charge is -2.28. The fraction of sp³-hybridized carbons (Fsp3) is 0.333. The van der Waals surface area contributed by atoms with E-state index in [1.54, 1.807) is 28.7 Å². The van der Waals surface area contributed by atoms with Crippen molar-refractivity contribution in [3.8, 4) is 0 Å². The van der Waals surface area contributed by atoms with Gasteiger partial charge in [0.15, 0.2) is 9.84 Å². The van der Waals surface area contributed by atoms with E-state index in [1.165, 1.54) is 11.3 Å². The van der Waals surface area contributed by atoms with Gasteiger partial charge in [0.05, 0.1) is 17.1 Å². The molecule has 0 saturated carbocycles. The number of pyridine rings is 1. The number of sulfone groups is 1. The van der Waals surface area contributed by atoms with Gasteiger partial charge < -0.3 is 4.90 Å². The van der Waals surface area contributed by atoms with Crippen molar-refractivity contribution in [3.05, 3.63) is 52.5 Å². The van der Waals surface area contributed by atoms with Gasteiger partial charge in [0.1, 0.15) is 0 Å². The van der Waals surface area contributed by atoms with Crippen LogP contribution in [0.1, 0.15) is 22.3 Å². The van der Waals surface area contributed by atoms with Crippen LogP contribution in [0.5, 0.6) is 0 Å². The van der Waals surface area contributed by atoms with Gasteiger partial charge in [-0.25, -0.2) is 8.42 Å². The molecule has 7 heteroatoms. The molecule has 1 aliphatic rings. The zero-order valence-corrected chi connectivity index (χ0v) is 13.5. The molecule has 2 aromatic heterocycles. The quantitative estimate of drug-likeness (QED) is 0.856. The van der Waals surface area contributed by atoms with Crippen LogP contribution in [0, 0.1) is 0 Å². The molecule has 0 aliphatic carbocycles. The molecular weight excluding hydrogens is 320 g/mol. The number of nitrogens with zero attached hydrogens (tertiary/aromatic N) is 2. The van der Waals surface area contributed by atoms with Crippen LogP contribution in [0.2, 0.25) is 0 Å². The molecule has 3 rings (SSSR count). The maximum Gasteiger partial charge on any atom is 0.255 e. The molecule has 1 unspecified atom stereocenters. The van der Waals surface area contributed by atoms with Crippen LogP contribution in [-0.2, 0) is 16.4 Å². The van der Waals surface area contributed by atoms with Gasteiger partial charge in [-0.15, -0.1) is 0 Å². The monoisotopic (exact) mass is 336 g/mol. The van der Waals surface area contributed by atoms with E-state index in [2.05, 4.69) is 4.98 Å². The van der Waals surface area contributed by atoms with Crippen LogP contribution >= 0.6 is 11.3 Å². The van der Waals surface area contributed by atoms with Gasteiger partial charge in [0.25, 0.3) is 5.91 Å². The lowest BCUT2D eigenvalue weighted by atomic mass is 10.1. The summed E-state index contributed by atoms with van der Waals surface area (Å²) in [5.74, 6) is 0.0774. The van der Waals surface area contributed by atoms with Gasteiger partial charge in [-0.05, 0) is 29.5 Å². The Bertz CT molecular complexity index is 742. The highest BCUT2D eigenvalue weighted by molar-refractivity contribution is 7.91. The number of thiophene rings is 1. The molecular formula is C15H16N2O3S2. The second-order valence-electron chi connectivity index (χ2n) is 5.36. The summed E-state index contributed by atoms with van der Waals surface area (Å²) in [6.45, 7) is 0.378. The summed E-state index contributed by atoms with van der Waals surface area (Å²) >= 11 is 1.46. The maximum absolute atomic E-state index is 12.7. The third-order valence-corrected chi connectivity index (χ3v) is 6.19. The minimum Gasteiger partial charge on any atom is -0.330 e. The summed E-state index contributed by atoms with van der Waals surface area (Å²) in [6.07, 6.45) is 3.88. The molecule has 1 amide bonds. The Morgan fingerprint density at radius 2 is 2.27 bits per heavy atom. The SMILES string of the molecule is O=C(c1ccsc1)N(Cc1cccnc1)C1CCS(=O)(=O)C1. The van der Waals surface area contributed by atoms with Gasteiger partial charge >= 0.3 is 0 Å². The van der Waals surface area contributed by atoms with Crippen molar-refractivity contribution >= 4 is 27.1 Å². The first-order valence-electron chi connectivity index (χ1n) is 6.98. The summed E-state index contributed by atoms with van der Waals surface area (Å²) in [5, 5.41) is 3.64. The molecule has 1 saturated heterocycles. The smallest absolute Gasteiger partial charge is 0.255 e. The Labute approximate surface area is 133 Å². The molecule has 0 aromatic carbocycles. The van der Waals surface area contributed by atoms with Crippen molar-refractivity contribution in [2.45, 2.75) is 19.0 Å². The van der Waals surface area contributed by atoms with Crippen LogP contribution in [0.4, 0.5) is 0 Å². The molecule has 3 heterocycles. The zero-order chi connectivity index (χ0) is 15.6. The predicted octanol–water partition coefficient (Wildman–Crippen LogP) is 1.97. The lowest BCUT2D eigenvalue weighted by Crippen LogP contribution is -2.40. The maximum atomic E-state index is 12.7. The average Bonchev–Trinajstić information content (AvgIpc) is 3.14. The summed E-state index contributed by atoms with van der Waals surface area (Å²) in [6, 6.07) is 5.21. The largest absolute Gasteiger partial charge is 0.330 e. The average molecular weight is 336 g/mol. The first-order valence-corrected chi connectivity index (χ1v) is 9.74. The van der Waals surface area contributed by atoms with Crippen molar-refractivity contribution in [1.82, 2.24) is 9.88 Å². The minimum atomic E-state index is -3.04. The molecule has 2 aromatic rings. The number of amides is 1. The fourth-order valence-electron chi connectivity index (χ4n) is 2.63. The molecule has 22 heavy (non-hydrogen) atoms. The normalized spacial score (nSPS) is 19.9. The third-order valence-electron chi connectivity index (χ3n) is 3.75. The fourth-order valence-corrected chi connectivity index (χ4v) is 4.99. The Morgan fingerprint density at radius 1 is 1.41 bits per heavy atom. The van der Waals surface area contributed by atoms with Crippen molar-refractivity contribution in [2.24, 2.45) is 0 Å². The molecule has 1 fully saturated rings. The number of carbonyl (C=O) groups excluding carboxylic acids is 1. The predicted molar refractivity (Wildman–Crippen MR) is 85.5 cm³/mol. The van der Waals surface area contributed by atoms with Crippen LogP contribution < -0.4 is 0 Å². The van der Waals surface area contributed by atoms with Gasteiger partial charge in [0, 0.05) is 30.4 Å². The Morgan fingerprint density at radius 3 is 2.86 bits per heavy atom. The van der Waals surface area contributed by atoms with Crippen LogP contribution in [0.25, 0.3) is 0 Å². The van der Waals surface area contributed by atoms with Gasteiger partial charge in [-0.1, -0.05) is 6.07 Å². The minimum absolute atomic E-state index is 0.0448. The van der Waals surface area contributed by atoms with Gasteiger partial charge in [-0.2, -0.15) is 11.3 Å². The van der Waals surface area contributed by atoms with Crippen molar-refractivity contribution in [1.29, 1.82) is 0 Å². The lowest BCUT2D eigenvalue weighted by molar-refractivity contribution is 0.0681. The molecule has 0 spiro atoms. The van der Waals surface area contributed by atoms with Crippen molar-refractivity contribution in [3.63, 3.8) is 0 Å². The van der Waals surface area contributed by atoms with Crippen LogP contribution in [0.3, 0.4) is 0 Å². The standard InChI is InChI=1S/C15H16N2O3S2/c18-15(13-3-6-21-10-13)17(9-12-2-1-5-16-8-12)14-4-7-22(19,20)11-14/h1-3,5-6,8,10,14H,4,7,9,11H2. The van der Waals surface area contributed by atoms with E-state index in [0.717, 1.165) is 5.56 Å². The number of carbonyl (C=O) groups is 1. The molecule has 0 radical (unpaired) electrons. The molecule has 1 aliphatic heterocycles. The summed E-state index contributed by atoms with van der Waals surface area (Å²) < 4.78 is 23.5. The number of aromatic nitrogens is 1. The van der Waals surface area contributed by atoms with E-state index in [0.29, 0.717) is 18.5 Å². The first kappa shape index (κ1) is 15.2. The molecule has 5 nitrogen and oxygen atoms in total. The number of rotatable bonds is 4.